The molecule has 0 saturated carbocycles. The third-order valence-electron chi connectivity index (χ3n) is 5.51. The number of carbonyl (C=O) groups is 1. The first-order chi connectivity index (χ1) is 10.8. The molecule has 4 nitrogen and oxygen atoms in total. The second-order valence-corrected chi connectivity index (χ2v) is 6.91. The van der Waals surface area contributed by atoms with E-state index in [1.54, 1.807) is 0 Å². The molecule has 3 heterocycles. The van der Waals surface area contributed by atoms with E-state index in [1.165, 1.54) is 18.4 Å². The Morgan fingerprint density at radius 1 is 1.23 bits per heavy atom. The van der Waals surface area contributed by atoms with Crippen molar-refractivity contribution in [2.45, 2.75) is 31.7 Å². The summed E-state index contributed by atoms with van der Waals surface area (Å²) in [6, 6.07) is 9.07. The van der Waals surface area contributed by atoms with Crippen molar-refractivity contribution < 1.29 is 4.79 Å². The molecule has 2 atom stereocenters. The van der Waals surface area contributed by atoms with E-state index in [9.17, 15) is 4.79 Å². The molecule has 2 unspecified atom stereocenters. The molecular formula is C18H25N3O. The lowest BCUT2D eigenvalue weighted by Gasteiger charge is -2.36. The quantitative estimate of drug-likeness (QED) is 0.902. The number of para-hydroxylation sites is 1. The van der Waals surface area contributed by atoms with E-state index in [0.29, 0.717) is 12.6 Å². The Balaban J connectivity index is 1.42. The SMILES string of the molecule is O=C(CN1CCC2NCCC2C1)N1CCCc2ccccc21. The van der Waals surface area contributed by atoms with E-state index in [2.05, 4.69) is 28.4 Å². The average molecular weight is 299 g/mol. The molecule has 4 rings (SSSR count). The lowest BCUT2D eigenvalue weighted by molar-refractivity contribution is -0.120. The number of piperidine rings is 1. The number of benzene rings is 1. The molecule has 1 N–H and O–H groups in total. The van der Waals surface area contributed by atoms with Gasteiger partial charge in [-0.1, -0.05) is 18.2 Å². The molecule has 0 aromatic heterocycles. The summed E-state index contributed by atoms with van der Waals surface area (Å²) in [5.74, 6) is 1.02. The summed E-state index contributed by atoms with van der Waals surface area (Å²) in [6.45, 7) is 4.74. The predicted molar refractivity (Wildman–Crippen MR) is 88.1 cm³/mol. The van der Waals surface area contributed by atoms with Crippen LogP contribution in [0.4, 0.5) is 5.69 Å². The van der Waals surface area contributed by atoms with E-state index >= 15 is 0 Å². The largest absolute Gasteiger partial charge is 0.314 e. The number of nitrogens with one attached hydrogen (secondary N) is 1. The van der Waals surface area contributed by atoms with Gasteiger partial charge in [0, 0.05) is 31.4 Å². The Bertz CT molecular complexity index is 559. The van der Waals surface area contributed by atoms with Crippen LogP contribution < -0.4 is 10.2 Å². The number of rotatable bonds is 2. The van der Waals surface area contributed by atoms with Gasteiger partial charge in [0.15, 0.2) is 0 Å². The third-order valence-corrected chi connectivity index (χ3v) is 5.51. The molecule has 1 amide bonds. The van der Waals surface area contributed by atoms with Gasteiger partial charge in [-0.2, -0.15) is 0 Å². The van der Waals surface area contributed by atoms with E-state index in [4.69, 9.17) is 0 Å². The van der Waals surface area contributed by atoms with Crippen molar-refractivity contribution in [3.8, 4) is 0 Å². The van der Waals surface area contributed by atoms with E-state index < -0.39 is 0 Å². The van der Waals surface area contributed by atoms with Crippen LogP contribution in [-0.2, 0) is 11.2 Å². The van der Waals surface area contributed by atoms with Crippen molar-refractivity contribution in [1.29, 1.82) is 0 Å². The topological polar surface area (TPSA) is 35.6 Å². The molecule has 118 valence electrons. The minimum Gasteiger partial charge on any atom is -0.314 e. The Morgan fingerprint density at radius 2 is 2.14 bits per heavy atom. The van der Waals surface area contributed by atoms with Crippen LogP contribution in [-0.4, -0.2) is 49.6 Å². The van der Waals surface area contributed by atoms with E-state index in [0.717, 1.165) is 50.6 Å². The van der Waals surface area contributed by atoms with Gasteiger partial charge in [0.2, 0.25) is 5.91 Å². The summed E-state index contributed by atoms with van der Waals surface area (Å²) in [5.41, 5.74) is 2.46. The maximum Gasteiger partial charge on any atom is 0.241 e. The molecular weight excluding hydrogens is 274 g/mol. The van der Waals surface area contributed by atoms with Crippen LogP contribution in [0, 0.1) is 5.92 Å². The molecule has 4 heteroatoms. The van der Waals surface area contributed by atoms with Gasteiger partial charge in [0.05, 0.1) is 6.54 Å². The second kappa shape index (κ2) is 6.01. The van der Waals surface area contributed by atoms with Gasteiger partial charge >= 0.3 is 0 Å². The highest BCUT2D eigenvalue weighted by Crippen LogP contribution is 2.28. The summed E-state index contributed by atoms with van der Waals surface area (Å²) in [5, 5.41) is 3.59. The summed E-state index contributed by atoms with van der Waals surface area (Å²) in [6.07, 6.45) is 4.63. The second-order valence-electron chi connectivity index (χ2n) is 6.91. The first-order valence-corrected chi connectivity index (χ1v) is 8.65. The molecule has 2 saturated heterocycles. The standard InChI is InChI=1S/C18H25N3O/c22-18(13-20-11-8-16-15(12-20)7-9-19-16)21-10-3-5-14-4-1-2-6-17(14)21/h1-2,4,6,15-16,19H,3,5,7-13H2. The van der Waals surface area contributed by atoms with Crippen molar-refractivity contribution in [3.63, 3.8) is 0 Å². The van der Waals surface area contributed by atoms with E-state index in [-0.39, 0.29) is 5.91 Å². The summed E-state index contributed by atoms with van der Waals surface area (Å²) >= 11 is 0. The molecule has 0 radical (unpaired) electrons. The van der Waals surface area contributed by atoms with Crippen molar-refractivity contribution in [2.24, 2.45) is 5.92 Å². The Morgan fingerprint density at radius 3 is 3.09 bits per heavy atom. The van der Waals surface area contributed by atoms with Gasteiger partial charge in [-0.15, -0.1) is 0 Å². The number of hydrogen-bond acceptors (Lipinski definition) is 3. The summed E-state index contributed by atoms with van der Waals surface area (Å²) < 4.78 is 0. The van der Waals surface area contributed by atoms with Crippen LogP contribution in [0.25, 0.3) is 0 Å². The van der Waals surface area contributed by atoms with E-state index in [1.807, 2.05) is 11.0 Å². The number of hydrogen-bond donors (Lipinski definition) is 1. The van der Waals surface area contributed by atoms with Gasteiger partial charge in [-0.3, -0.25) is 9.69 Å². The van der Waals surface area contributed by atoms with Gasteiger partial charge < -0.3 is 10.2 Å². The smallest absolute Gasteiger partial charge is 0.241 e. The molecule has 0 bridgehead atoms. The lowest BCUT2D eigenvalue weighted by atomic mass is 9.93. The third kappa shape index (κ3) is 2.66. The normalized spacial score (nSPS) is 28.3. The van der Waals surface area contributed by atoms with Crippen molar-refractivity contribution in [2.75, 3.05) is 37.6 Å². The first-order valence-electron chi connectivity index (χ1n) is 8.65. The number of aryl methyl sites for hydroxylation is 1. The predicted octanol–water partition coefficient (Wildman–Crippen LogP) is 1.65. The number of fused-ring (bicyclic) bond motifs is 2. The molecule has 2 fully saturated rings. The molecule has 22 heavy (non-hydrogen) atoms. The summed E-state index contributed by atoms with van der Waals surface area (Å²) in [7, 11) is 0. The zero-order valence-electron chi connectivity index (χ0n) is 13.1. The summed E-state index contributed by atoms with van der Waals surface area (Å²) in [4.78, 5) is 17.2. The molecule has 3 aliphatic rings. The minimum atomic E-state index is 0.275. The van der Waals surface area contributed by atoms with Crippen molar-refractivity contribution in [1.82, 2.24) is 10.2 Å². The maximum absolute atomic E-state index is 12.8. The highest BCUT2D eigenvalue weighted by Gasteiger charge is 2.34. The highest BCUT2D eigenvalue weighted by molar-refractivity contribution is 5.95. The van der Waals surface area contributed by atoms with Crippen LogP contribution in [0.2, 0.25) is 0 Å². The van der Waals surface area contributed by atoms with Gasteiger partial charge in [0.1, 0.15) is 0 Å². The number of amides is 1. The van der Waals surface area contributed by atoms with Gasteiger partial charge in [-0.25, -0.2) is 0 Å². The molecule has 3 aliphatic heterocycles. The fourth-order valence-corrected chi connectivity index (χ4v) is 4.34. The first kappa shape index (κ1) is 14.2. The zero-order chi connectivity index (χ0) is 14.9. The van der Waals surface area contributed by atoms with Crippen molar-refractivity contribution >= 4 is 11.6 Å². The Labute approximate surface area is 132 Å². The molecule has 1 aromatic carbocycles. The van der Waals surface area contributed by atoms with Crippen LogP contribution in [0.5, 0.6) is 0 Å². The average Bonchev–Trinajstić information content (AvgIpc) is 3.02. The number of likely N-dealkylation sites (tertiary alicyclic amines) is 1. The zero-order valence-corrected chi connectivity index (χ0v) is 13.1. The Hall–Kier alpha value is -1.39. The molecule has 1 aromatic rings. The number of anilines is 1. The van der Waals surface area contributed by atoms with Gasteiger partial charge in [0.25, 0.3) is 0 Å². The fourth-order valence-electron chi connectivity index (χ4n) is 4.34. The van der Waals surface area contributed by atoms with Crippen molar-refractivity contribution in [3.05, 3.63) is 29.8 Å². The van der Waals surface area contributed by atoms with Crippen LogP contribution in [0.1, 0.15) is 24.8 Å². The Kier molecular flexibility index (Phi) is 3.89. The van der Waals surface area contributed by atoms with Crippen LogP contribution in [0.3, 0.4) is 0 Å². The lowest BCUT2D eigenvalue weighted by Crippen LogP contribution is -2.49. The number of nitrogens with zero attached hydrogens (tertiary/aromatic N) is 2. The van der Waals surface area contributed by atoms with Crippen LogP contribution >= 0.6 is 0 Å². The van der Waals surface area contributed by atoms with Gasteiger partial charge in [-0.05, 0) is 49.8 Å². The highest BCUT2D eigenvalue weighted by atomic mass is 16.2. The monoisotopic (exact) mass is 299 g/mol. The fraction of sp³-hybridized carbons (Fsp3) is 0.611. The van der Waals surface area contributed by atoms with Crippen LogP contribution in [0.15, 0.2) is 24.3 Å². The molecule has 0 aliphatic carbocycles. The maximum atomic E-state index is 12.8. The molecule has 0 spiro atoms. The number of carbonyl (C=O) groups excluding carboxylic acids is 1. The minimum absolute atomic E-state index is 0.275.